The van der Waals surface area contributed by atoms with Crippen molar-refractivity contribution < 1.29 is 9.53 Å². The van der Waals surface area contributed by atoms with Crippen LogP contribution in [0.4, 0.5) is 0 Å². The fraction of sp³-hybridized carbons (Fsp3) is 0.364. The molecular formula is C22H27N3O2. The molecule has 1 amide bonds. The lowest BCUT2D eigenvalue weighted by molar-refractivity contribution is 0.0954. The van der Waals surface area contributed by atoms with E-state index in [1.165, 1.54) is 18.4 Å². The van der Waals surface area contributed by atoms with Gasteiger partial charge in [0.2, 0.25) is 0 Å². The normalized spacial score (nSPS) is 10.9. The largest absolute Gasteiger partial charge is 0.497 e. The summed E-state index contributed by atoms with van der Waals surface area (Å²) < 4.78 is 7.42. The average Bonchev–Trinajstić information content (AvgIpc) is 3.06. The Labute approximate surface area is 160 Å². The lowest BCUT2D eigenvalue weighted by Crippen LogP contribution is -2.26. The summed E-state index contributed by atoms with van der Waals surface area (Å²) in [7, 11) is 1.61. The molecule has 0 aliphatic rings. The number of fused-ring (bicyclic) bond motifs is 1. The number of para-hydroxylation sites is 2. The smallest absolute Gasteiger partial charge is 0.251 e. The van der Waals surface area contributed by atoms with Crippen molar-refractivity contribution >= 4 is 16.9 Å². The number of aromatic nitrogens is 2. The van der Waals surface area contributed by atoms with Crippen LogP contribution in [-0.2, 0) is 13.0 Å². The van der Waals surface area contributed by atoms with Crippen molar-refractivity contribution in [2.24, 2.45) is 0 Å². The van der Waals surface area contributed by atoms with Crippen LogP contribution in [0.25, 0.3) is 11.0 Å². The third-order valence-electron chi connectivity index (χ3n) is 4.71. The van der Waals surface area contributed by atoms with E-state index in [-0.39, 0.29) is 5.91 Å². The highest BCUT2D eigenvalue weighted by atomic mass is 16.5. The minimum atomic E-state index is -0.0775. The first kappa shape index (κ1) is 19.0. The van der Waals surface area contributed by atoms with E-state index in [9.17, 15) is 4.79 Å². The molecule has 0 bridgehead atoms. The predicted molar refractivity (Wildman–Crippen MR) is 108 cm³/mol. The number of ether oxygens (including phenoxy) is 1. The number of hydrogen-bond donors (Lipinski definition) is 1. The van der Waals surface area contributed by atoms with Crippen LogP contribution in [0.2, 0.25) is 0 Å². The van der Waals surface area contributed by atoms with E-state index in [1.54, 1.807) is 31.4 Å². The van der Waals surface area contributed by atoms with Gasteiger partial charge in [0.25, 0.3) is 5.91 Å². The second-order valence-electron chi connectivity index (χ2n) is 6.61. The summed E-state index contributed by atoms with van der Waals surface area (Å²) in [5.41, 5.74) is 2.82. The Morgan fingerprint density at radius 2 is 1.89 bits per heavy atom. The van der Waals surface area contributed by atoms with Gasteiger partial charge in [0, 0.05) is 25.1 Å². The van der Waals surface area contributed by atoms with E-state index in [1.807, 2.05) is 12.1 Å². The quantitative estimate of drug-likeness (QED) is 0.578. The van der Waals surface area contributed by atoms with Crippen molar-refractivity contribution in [2.75, 3.05) is 13.7 Å². The Bertz CT molecular complexity index is 884. The second kappa shape index (κ2) is 9.21. The highest BCUT2D eigenvalue weighted by Crippen LogP contribution is 2.18. The maximum absolute atomic E-state index is 12.3. The molecule has 3 aromatic rings. The predicted octanol–water partition coefficient (Wildman–Crippen LogP) is 4.21. The number of carbonyl (C=O) groups is 1. The fourth-order valence-electron chi connectivity index (χ4n) is 3.22. The molecule has 1 heterocycles. The summed E-state index contributed by atoms with van der Waals surface area (Å²) in [5.74, 6) is 1.70. The van der Waals surface area contributed by atoms with Crippen LogP contribution in [0.3, 0.4) is 0 Å². The monoisotopic (exact) mass is 365 g/mol. The van der Waals surface area contributed by atoms with Crippen LogP contribution >= 0.6 is 0 Å². The maximum atomic E-state index is 12.3. The summed E-state index contributed by atoms with van der Waals surface area (Å²) in [4.78, 5) is 17.1. The molecule has 0 saturated carbocycles. The molecule has 1 N–H and O–H groups in total. The van der Waals surface area contributed by atoms with Crippen LogP contribution < -0.4 is 10.1 Å². The number of unbranched alkanes of at least 4 members (excludes halogenated alkanes) is 2. The summed E-state index contributed by atoms with van der Waals surface area (Å²) >= 11 is 0. The number of aryl methyl sites for hydroxylation is 1. The van der Waals surface area contributed by atoms with Crippen LogP contribution in [0.5, 0.6) is 5.75 Å². The van der Waals surface area contributed by atoms with Crippen LogP contribution in [-0.4, -0.2) is 29.1 Å². The Hall–Kier alpha value is -2.82. The van der Waals surface area contributed by atoms with Crippen molar-refractivity contribution in [2.45, 2.75) is 39.2 Å². The minimum absolute atomic E-state index is 0.0775. The van der Waals surface area contributed by atoms with Gasteiger partial charge < -0.3 is 14.6 Å². The molecular weight excluding hydrogens is 338 g/mol. The molecule has 2 aromatic carbocycles. The molecule has 0 radical (unpaired) electrons. The number of rotatable bonds is 9. The second-order valence-corrected chi connectivity index (χ2v) is 6.61. The van der Waals surface area contributed by atoms with Gasteiger partial charge in [-0.2, -0.15) is 0 Å². The fourth-order valence-corrected chi connectivity index (χ4v) is 3.22. The van der Waals surface area contributed by atoms with E-state index in [4.69, 9.17) is 9.72 Å². The van der Waals surface area contributed by atoms with Crippen molar-refractivity contribution in [3.8, 4) is 5.75 Å². The van der Waals surface area contributed by atoms with E-state index in [0.29, 0.717) is 18.5 Å². The summed E-state index contributed by atoms with van der Waals surface area (Å²) in [5, 5.41) is 2.99. The van der Waals surface area contributed by atoms with E-state index in [2.05, 4.69) is 28.9 Å². The van der Waals surface area contributed by atoms with Gasteiger partial charge in [-0.05, 0) is 42.8 Å². The average molecular weight is 365 g/mol. The molecule has 5 heteroatoms. The molecule has 0 unspecified atom stereocenters. The first-order valence-electron chi connectivity index (χ1n) is 9.59. The SMILES string of the molecule is CCCCCn1c(CCNC(=O)c2ccc(OC)cc2)nc2ccccc21. The Kier molecular flexibility index (Phi) is 6.47. The van der Waals surface area contributed by atoms with E-state index in [0.717, 1.165) is 30.1 Å². The zero-order valence-corrected chi connectivity index (χ0v) is 16.1. The van der Waals surface area contributed by atoms with Gasteiger partial charge in [0.05, 0.1) is 18.1 Å². The number of hydrogen-bond acceptors (Lipinski definition) is 3. The van der Waals surface area contributed by atoms with Gasteiger partial charge in [-0.25, -0.2) is 4.98 Å². The third-order valence-corrected chi connectivity index (χ3v) is 4.71. The minimum Gasteiger partial charge on any atom is -0.497 e. The molecule has 3 rings (SSSR count). The molecule has 0 aliphatic carbocycles. The zero-order valence-electron chi connectivity index (χ0n) is 16.1. The van der Waals surface area contributed by atoms with Crippen LogP contribution in [0.1, 0.15) is 42.4 Å². The standard InChI is InChI=1S/C22H27N3O2/c1-3-4-7-16-25-20-9-6-5-8-19(20)24-21(25)14-15-23-22(26)17-10-12-18(27-2)13-11-17/h5-6,8-13H,3-4,7,14-16H2,1-2H3,(H,23,26). The van der Waals surface area contributed by atoms with E-state index < -0.39 is 0 Å². The number of nitrogens with one attached hydrogen (secondary N) is 1. The summed E-state index contributed by atoms with van der Waals surface area (Å²) in [6, 6.07) is 15.4. The number of carbonyl (C=O) groups excluding carboxylic acids is 1. The molecule has 0 aliphatic heterocycles. The number of benzene rings is 2. The van der Waals surface area contributed by atoms with E-state index >= 15 is 0 Å². The highest BCUT2D eigenvalue weighted by molar-refractivity contribution is 5.94. The number of nitrogens with zero attached hydrogens (tertiary/aromatic N) is 2. The molecule has 0 fully saturated rings. The lowest BCUT2D eigenvalue weighted by atomic mass is 10.2. The molecule has 142 valence electrons. The molecule has 0 spiro atoms. The van der Waals surface area contributed by atoms with Crippen LogP contribution in [0, 0.1) is 0 Å². The summed E-state index contributed by atoms with van der Waals surface area (Å²) in [6.45, 7) is 3.74. The Morgan fingerprint density at radius 3 is 2.63 bits per heavy atom. The zero-order chi connectivity index (χ0) is 19.1. The first-order valence-corrected chi connectivity index (χ1v) is 9.59. The lowest BCUT2D eigenvalue weighted by Gasteiger charge is -2.10. The maximum Gasteiger partial charge on any atom is 0.251 e. The molecule has 0 saturated heterocycles. The number of methoxy groups -OCH3 is 1. The van der Waals surface area contributed by atoms with Crippen LogP contribution in [0.15, 0.2) is 48.5 Å². The third kappa shape index (κ3) is 4.67. The van der Waals surface area contributed by atoms with Gasteiger partial charge in [0.15, 0.2) is 0 Å². The Morgan fingerprint density at radius 1 is 1.11 bits per heavy atom. The topological polar surface area (TPSA) is 56.2 Å². The number of imidazole rings is 1. The van der Waals surface area contributed by atoms with Crippen molar-refractivity contribution in [1.29, 1.82) is 0 Å². The summed E-state index contributed by atoms with van der Waals surface area (Å²) in [6.07, 6.45) is 4.25. The van der Waals surface area contributed by atoms with Gasteiger partial charge >= 0.3 is 0 Å². The van der Waals surface area contributed by atoms with Crippen molar-refractivity contribution in [1.82, 2.24) is 14.9 Å². The molecule has 0 atom stereocenters. The van der Waals surface area contributed by atoms with Gasteiger partial charge in [-0.1, -0.05) is 31.9 Å². The number of amides is 1. The first-order chi connectivity index (χ1) is 13.2. The Balaban J connectivity index is 1.65. The molecule has 27 heavy (non-hydrogen) atoms. The highest BCUT2D eigenvalue weighted by Gasteiger charge is 2.11. The molecule has 5 nitrogen and oxygen atoms in total. The van der Waals surface area contributed by atoms with Gasteiger partial charge in [-0.15, -0.1) is 0 Å². The van der Waals surface area contributed by atoms with Crippen molar-refractivity contribution in [3.63, 3.8) is 0 Å². The van der Waals surface area contributed by atoms with Gasteiger partial charge in [-0.3, -0.25) is 4.79 Å². The molecule has 1 aromatic heterocycles. The van der Waals surface area contributed by atoms with Crippen molar-refractivity contribution in [3.05, 3.63) is 59.9 Å². The van der Waals surface area contributed by atoms with Gasteiger partial charge in [0.1, 0.15) is 11.6 Å².